The second-order valence-electron chi connectivity index (χ2n) is 8.30. The van der Waals surface area contributed by atoms with Crippen LogP contribution >= 0.6 is 0 Å². The van der Waals surface area contributed by atoms with Crippen molar-refractivity contribution in [1.29, 1.82) is 0 Å². The highest BCUT2D eigenvalue weighted by atomic mass is 16.2. The number of fused-ring (bicyclic) bond motifs is 2. The normalized spacial score (nSPS) is 21.4. The number of benzene rings is 1. The van der Waals surface area contributed by atoms with Crippen molar-refractivity contribution in [1.82, 2.24) is 20.5 Å². The van der Waals surface area contributed by atoms with Crippen molar-refractivity contribution in [2.45, 2.75) is 37.9 Å². The van der Waals surface area contributed by atoms with Crippen LogP contribution in [0.4, 0.5) is 5.82 Å². The van der Waals surface area contributed by atoms with E-state index in [4.69, 9.17) is 0 Å². The van der Waals surface area contributed by atoms with Gasteiger partial charge >= 0.3 is 0 Å². The van der Waals surface area contributed by atoms with Gasteiger partial charge in [0.25, 0.3) is 11.8 Å². The molecule has 1 atom stereocenters. The molecule has 1 aromatic carbocycles. The van der Waals surface area contributed by atoms with Crippen LogP contribution in [0.2, 0.25) is 0 Å². The lowest BCUT2D eigenvalue weighted by molar-refractivity contribution is -0.133. The average Bonchev–Trinajstić information content (AvgIpc) is 3.10. The summed E-state index contributed by atoms with van der Waals surface area (Å²) >= 11 is 0. The van der Waals surface area contributed by atoms with Gasteiger partial charge in [-0.15, -0.1) is 0 Å². The zero-order valence-electron chi connectivity index (χ0n) is 17.4. The predicted octanol–water partition coefficient (Wildman–Crippen LogP) is 1.84. The topological polar surface area (TPSA) is 94.6 Å². The van der Waals surface area contributed by atoms with Crippen LogP contribution < -0.4 is 15.5 Å². The van der Waals surface area contributed by atoms with Crippen LogP contribution in [0.3, 0.4) is 0 Å². The van der Waals surface area contributed by atoms with Gasteiger partial charge in [-0.05, 0) is 30.7 Å². The van der Waals surface area contributed by atoms with Gasteiger partial charge in [0.1, 0.15) is 11.5 Å². The number of nitrogens with one attached hydrogen (secondary N) is 2. The van der Waals surface area contributed by atoms with Crippen molar-refractivity contribution in [3.8, 4) is 0 Å². The van der Waals surface area contributed by atoms with Gasteiger partial charge < -0.3 is 20.4 Å². The van der Waals surface area contributed by atoms with Crippen LogP contribution in [0, 0.1) is 0 Å². The number of amides is 3. The number of piperidine rings is 1. The maximum absolute atomic E-state index is 13.0. The molecule has 1 fully saturated rings. The number of carbonyl (C=O) groups excluding carboxylic acids is 3. The van der Waals surface area contributed by atoms with Crippen molar-refractivity contribution >= 4 is 23.5 Å². The minimum Gasteiger partial charge on any atom is -0.345 e. The number of hydrogen-bond acceptors (Lipinski definition) is 5. The summed E-state index contributed by atoms with van der Waals surface area (Å²) in [6.07, 6.45) is 3.20. The zero-order valence-corrected chi connectivity index (χ0v) is 17.4. The van der Waals surface area contributed by atoms with E-state index in [1.54, 1.807) is 24.4 Å². The van der Waals surface area contributed by atoms with E-state index in [2.05, 4.69) is 27.4 Å². The smallest absolute Gasteiger partial charge is 0.256 e. The fourth-order valence-corrected chi connectivity index (χ4v) is 5.10. The van der Waals surface area contributed by atoms with E-state index in [0.717, 1.165) is 5.56 Å². The van der Waals surface area contributed by atoms with Crippen molar-refractivity contribution in [2.24, 2.45) is 0 Å². The minimum absolute atomic E-state index is 0.0144. The Morgan fingerprint density at radius 3 is 2.61 bits per heavy atom. The quantitative estimate of drug-likeness (QED) is 0.792. The molecule has 3 amide bonds. The van der Waals surface area contributed by atoms with Crippen molar-refractivity contribution < 1.29 is 14.4 Å². The summed E-state index contributed by atoms with van der Waals surface area (Å²) in [4.78, 5) is 46.3. The molecular weight excluding hydrogens is 394 g/mol. The van der Waals surface area contributed by atoms with Gasteiger partial charge in [0, 0.05) is 44.2 Å². The number of aromatic nitrogens is 1. The predicted molar refractivity (Wildman–Crippen MR) is 115 cm³/mol. The summed E-state index contributed by atoms with van der Waals surface area (Å²) in [6, 6.07) is 10.7. The maximum atomic E-state index is 13.0. The number of hydrogen-bond donors (Lipinski definition) is 2. The highest BCUT2D eigenvalue weighted by Gasteiger charge is 2.46. The highest BCUT2D eigenvalue weighted by molar-refractivity contribution is 6.01. The Bertz CT molecular complexity index is 1060. The van der Waals surface area contributed by atoms with Crippen LogP contribution in [-0.4, -0.2) is 52.9 Å². The number of rotatable bonds is 3. The summed E-state index contributed by atoms with van der Waals surface area (Å²) < 4.78 is 0. The molecule has 0 aliphatic carbocycles. The molecule has 3 aliphatic heterocycles. The minimum atomic E-state index is -0.530. The molecule has 5 rings (SSSR count). The fraction of sp³-hybridized carbons (Fsp3) is 0.391. The molecule has 0 bridgehead atoms. The van der Waals surface area contributed by atoms with E-state index in [-0.39, 0.29) is 30.2 Å². The highest BCUT2D eigenvalue weighted by Crippen LogP contribution is 2.36. The molecule has 1 aromatic heterocycles. The standard InChI is InChI=1S/C23H25N5O3/c1-2-28-20-17(8-5-11-24-20)22(31)26-23(28)9-12-27(13-10-23)19(29)14-18-15-6-3-4-7-16(15)21(30)25-18/h3-8,11,18H,2,9-10,12-14H2,1H3,(H,25,30)(H,26,31). The molecule has 0 radical (unpaired) electrons. The Kier molecular flexibility index (Phi) is 4.64. The second-order valence-corrected chi connectivity index (χ2v) is 8.30. The van der Waals surface area contributed by atoms with Gasteiger partial charge in [0.2, 0.25) is 5.91 Å². The SMILES string of the molecule is CCN1c2ncccc2C(=O)NC12CCN(C(=O)CC1NC(=O)c3ccccc31)CC2. The van der Waals surface area contributed by atoms with Gasteiger partial charge in [-0.2, -0.15) is 0 Å². The maximum Gasteiger partial charge on any atom is 0.256 e. The van der Waals surface area contributed by atoms with E-state index in [0.29, 0.717) is 49.4 Å². The molecule has 2 aromatic rings. The van der Waals surface area contributed by atoms with E-state index in [1.165, 1.54) is 0 Å². The molecule has 4 heterocycles. The Balaban J connectivity index is 1.29. The van der Waals surface area contributed by atoms with Crippen LogP contribution in [0.15, 0.2) is 42.6 Å². The molecule has 2 N–H and O–H groups in total. The fourth-order valence-electron chi connectivity index (χ4n) is 5.10. The Morgan fingerprint density at radius 1 is 1.10 bits per heavy atom. The van der Waals surface area contributed by atoms with E-state index in [9.17, 15) is 14.4 Å². The molecule has 160 valence electrons. The van der Waals surface area contributed by atoms with Crippen molar-refractivity contribution in [3.63, 3.8) is 0 Å². The van der Waals surface area contributed by atoms with Crippen LogP contribution in [0.1, 0.15) is 58.5 Å². The third-order valence-corrected chi connectivity index (χ3v) is 6.67. The van der Waals surface area contributed by atoms with Gasteiger partial charge in [-0.1, -0.05) is 18.2 Å². The molecule has 1 spiro atoms. The Morgan fingerprint density at radius 2 is 1.84 bits per heavy atom. The van der Waals surface area contributed by atoms with Crippen molar-refractivity contribution in [2.75, 3.05) is 24.5 Å². The first kappa shape index (κ1) is 19.5. The third-order valence-electron chi connectivity index (χ3n) is 6.67. The second kappa shape index (κ2) is 7.37. The Labute approximate surface area is 180 Å². The Hall–Kier alpha value is -3.42. The lowest BCUT2D eigenvalue weighted by Crippen LogP contribution is -2.68. The first-order chi connectivity index (χ1) is 15.0. The van der Waals surface area contributed by atoms with Crippen LogP contribution in [-0.2, 0) is 4.79 Å². The van der Waals surface area contributed by atoms with Crippen LogP contribution in [0.5, 0.6) is 0 Å². The zero-order chi connectivity index (χ0) is 21.6. The molecule has 3 aliphatic rings. The number of nitrogens with zero attached hydrogens (tertiary/aromatic N) is 3. The molecule has 1 unspecified atom stereocenters. The van der Waals surface area contributed by atoms with Gasteiger partial charge in [0.05, 0.1) is 18.0 Å². The summed E-state index contributed by atoms with van der Waals surface area (Å²) in [5, 5.41) is 6.11. The molecule has 8 heteroatoms. The summed E-state index contributed by atoms with van der Waals surface area (Å²) in [5.74, 6) is 0.484. The third kappa shape index (κ3) is 3.13. The van der Waals surface area contributed by atoms with Gasteiger partial charge in [-0.25, -0.2) is 4.98 Å². The number of pyridine rings is 1. The van der Waals surface area contributed by atoms with Gasteiger partial charge in [0.15, 0.2) is 0 Å². The molecule has 1 saturated heterocycles. The molecule has 31 heavy (non-hydrogen) atoms. The first-order valence-electron chi connectivity index (χ1n) is 10.7. The number of carbonyl (C=O) groups is 3. The molecular formula is C23H25N5O3. The number of likely N-dealkylation sites (tertiary alicyclic amines) is 1. The molecule has 0 saturated carbocycles. The largest absolute Gasteiger partial charge is 0.345 e. The van der Waals surface area contributed by atoms with Gasteiger partial charge in [-0.3, -0.25) is 14.4 Å². The average molecular weight is 419 g/mol. The summed E-state index contributed by atoms with van der Waals surface area (Å²) in [5.41, 5.74) is 1.59. The van der Waals surface area contributed by atoms with Crippen molar-refractivity contribution in [3.05, 3.63) is 59.3 Å². The lowest BCUT2D eigenvalue weighted by Gasteiger charge is -2.51. The first-order valence-corrected chi connectivity index (χ1v) is 10.7. The lowest BCUT2D eigenvalue weighted by atomic mass is 9.90. The molecule has 8 nitrogen and oxygen atoms in total. The van der Waals surface area contributed by atoms with Crippen LogP contribution in [0.25, 0.3) is 0 Å². The summed E-state index contributed by atoms with van der Waals surface area (Å²) in [6.45, 7) is 3.85. The number of anilines is 1. The van der Waals surface area contributed by atoms with E-state index >= 15 is 0 Å². The van der Waals surface area contributed by atoms with E-state index in [1.807, 2.05) is 23.1 Å². The summed E-state index contributed by atoms with van der Waals surface area (Å²) in [7, 11) is 0. The monoisotopic (exact) mass is 419 g/mol. The van der Waals surface area contributed by atoms with E-state index < -0.39 is 5.66 Å².